The highest BCUT2D eigenvalue weighted by Crippen LogP contribution is 2.40. The van der Waals surface area contributed by atoms with Gasteiger partial charge in [0, 0.05) is 29.7 Å². The molecule has 1 saturated heterocycles. The molecule has 2 aromatic carbocycles. The van der Waals surface area contributed by atoms with Gasteiger partial charge in [0.2, 0.25) is 0 Å². The van der Waals surface area contributed by atoms with Crippen molar-refractivity contribution in [3.63, 3.8) is 0 Å². The number of hydrogen-bond donors (Lipinski definition) is 3. The number of hydrogen-bond acceptors (Lipinski definition) is 6. The minimum atomic E-state index is -3.81. The largest absolute Gasteiger partial charge is 0.454 e. The molecule has 2 fully saturated rings. The van der Waals surface area contributed by atoms with Crippen molar-refractivity contribution in [1.82, 2.24) is 14.2 Å². The van der Waals surface area contributed by atoms with Gasteiger partial charge in [0.05, 0.1) is 16.9 Å². The lowest BCUT2D eigenvalue weighted by Gasteiger charge is -2.30. The van der Waals surface area contributed by atoms with Crippen LogP contribution in [0, 0.1) is 16.3 Å². The van der Waals surface area contributed by atoms with Crippen molar-refractivity contribution < 1.29 is 22.3 Å². The van der Waals surface area contributed by atoms with Crippen LogP contribution in [0.1, 0.15) is 35.2 Å². The van der Waals surface area contributed by atoms with E-state index in [4.69, 9.17) is 16.3 Å². The number of nitrogens with one attached hydrogen (secondary N) is 3. The van der Waals surface area contributed by atoms with E-state index in [-0.39, 0.29) is 50.9 Å². The summed E-state index contributed by atoms with van der Waals surface area (Å²) >= 11 is 8.55. The number of rotatable bonds is 9. The molecule has 0 spiro atoms. The second kappa shape index (κ2) is 11.2. The minimum absolute atomic E-state index is 0.0212. The van der Waals surface area contributed by atoms with Crippen molar-refractivity contribution >= 4 is 67.5 Å². The number of carbonyl (C=O) groups excluding carboxylic acids is 1. The lowest BCUT2D eigenvalue weighted by Crippen LogP contribution is -2.45. The Bertz CT molecular complexity index is 1670. The molecule has 0 radical (unpaired) electrons. The fourth-order valence-corrected chi connectivity index (χ4v) is 6.15. The second-order valence-electron chi connectivity index (χ2n) is 9.62. The molecule has 1 aliphatic heterocycles. The van der Waals surface area contributed by atoms with Gasteiger partial charge >= 0.3 is 10.2 Å². The fourth-order valence-electron chi connectivity index (χ4n) is 4.11. The molecule has 10 nitrogen and oxygen atoms in total. The molecule has 0 atom stereocenters. The smallest absolute Gasteiger partial charge is 0.301 e. The third kappa shape index (κ3) is 5.78. The van der Waals surface area contributed by atoms with Gasteiger partial charge < -0.3 is 15.4 Å². The van der Waals surface area contributed by atoms with E-state index in [1.165, 1.54) is 53.2 Å². The average molecular weight is 702 g/mol. The summed E-state index contributed by atoms with van der Waals surface area (Å²) in [7, 11) is -2.34. The van der Waals surface area contributed by atoms with Gasteiger partial charge in [0.25, 0.3) is 11.5 Å². The number of aromatic nitrogens is 1. The molecule has 1 aliphatic carbocycles. The minimum Gasteiger partial charge on any atom is -0.454 e. The van der Waals surface area contributed by atoms with Crippen LogP contribution in [0.5, 0.6) is 11.5 Å². The first kappa shape index (κ1) is 28.6. The summed E-state index contributed by atoms with van der Waals surface area (Å²) in [4.78, 5) is 26.8. The zero-order valence-electron chi connectivity index (χ0n) is 21.6. The summed E-state index contributed by atoms with van der Waals surface area (Å²) in [5.74, 6) is -1.13. The highest BCUT2D eigenvalue weighted by molar-refractivity contribution is 14.1. The second-order valence-corrected chi connectivity index (χ2v) is 12.9. The Morgan fingerprint density at radius 3 is 2.52 bits per heavy atom. The molecule has 3 N–H and O–H groups in total. The molecule has 14 heteroatoms. The predicted octanol–water partition coefficient (Wildman–Crippen LogP) is 4.88. The third-order valence-electron chi connectivity index (χ3n) is 6.66. The van der Waals surface area contributed by atoms with Crippen molar-refractivity contribution in [2.24, 2.45) is 7.05 Å². The van der Waals surface area contributed by atoms with E-state index in [1.54, 1.807) is 6.07 Å². The summed E-state index contributed by atoms with van der Waals surface area (Å²) in [5.41, 5.74) is -0.258. The molecule has 0 unspecified atom stereocenters. The molecule has 40 heavy (non-hydrogen) atoms. The molecule has 1 amide bonds. The monoisotopic (exact) mass is 701 g/mol. The molecule has 1 aromatic heterocycles. The number of pyridine rings is 1. The first-order valence-corrected chi connectivity index (χ1v) is 15.4. The van der Waals surface area contributed by atoms with Crippen molar-refractivity contribution in [2.75, 3.05) is 23.1 Å². The van der Waals surface area contributed by atoms with Crippen molar-refractivity contribution in [3.8, 4) is 11.5 Å². The normalized spacial score (nSPS) is 15.3. The Kier molecular flexibility index (Phi) is 8.01. The molecular formula is C26H26ClFIN5O5S. The third-order valence-corrected chi connectivity index (χ3v) is 9.24. The number of carbonyl (C=O) groups is 1. The topological polar surface area (TPSA) is 122 Å². The van der Waals surface area contributed by atoms with Crippen LogP contribution >= 0.6 is 34.2 Å². The fraction of sp³-hybridized carbons (Fsp3) is 0.308. The Morgan fingerprint density at radius 2 is 1.90 bits per heavy atom. The van der Waals surface area contributed by atoms with Crippen LogP contribution in [-0.4, -0.2) is 42.3 Å². The Morgan fingerprint density at radius 1 is 1.18 bits per heavy atom. The Balaban J connectivity index is 1.60. The van der Waals surface area contributed by atoms with Crippen molar-refractivity contribution in [3.05, 3.63) is 72.3 Å². The number of ether oxygens (including phenoxy) is 1. The molecule has 2 heterocycles. The van der Waals surface area contributed by atoms with Gasteiger partial charge in [-0.2, -0.15) is 12.7 Å². The lowest BCUT2D eigenvalue weighted by atomic mass is 10.1. The molecule has 2 aliphatic rings. The number of nitrogens with zero attached hydrogens (tertiary/aromatic N) is 2. The van der Waals surface area contributed by atoms with Gasteiger partial charge in [-0.05, 0) is 79.1 Å². The molecule has 1 saturated carbocycles. The van der Waals surface area contributed by atoms with Gasteiger partial charge in [-0.15, -0.1) is 0 Å². The number of benzene rings is 2. The lowest BCUT2D eigenvalue weighted by molar-refractivity contribution is 0.0948. The summed E-state index contributed by atoms with van der Waals surface area (Å²) in [5, 5.41) is 5.75. The average Bonchev–Trinajstić information content (AvgIpc) is 3.66. The maximum absolute atomic E-state index is 14.8. The predicted molar refractivity (Wildman–Crippen MR) is 160 cm³/mol. The van der Waals surface area contributed by atoms with Gasteiger partial charge in [0.15, 0.2) is 5.75 Å². The summed E-state index contributed by atoms with van der Waals surface area (Å²) in [6.07, 6.45) is 2.40. The molecule has 212 valence electrons. The van der Waals surface area contributed by atoms with Crippen LogP contribution in [0.4, 0.5) is 21.6 Å². The Hall–Kier alpha value is -2.88. The van der Waals surface area contributed by atoms with Crippen LogP contribution in [0.3, 0.4) is 0 Å². The maximum Gasteiger partial charge on any atom is 0.301 e. The molecule has 0 bridgehead atoms. The number of anilines is 3. The number of amides is 1. The molecule has 5 rings (SSSR count). The summed E-state index contributed by atoms with van der Waals surface area (Å²) in [6.45, 7) is 2.32. The summed E-state index contributed by atoms with van der Waals surface area (Å²) < 4.78 is 51.8. The van der Waals surface area contributed by atoms with Crippen LogP contribution in [0.15, 0.2) is 41.2 Å². The van der Waals surface area contributed by atoms with Gasteiger partial charge in [-0.1, -0.05) is 17.7 Å². The standard InChI is InChI=1S/C26H26ClFIN5O5S/c1-14-23(39-20-6-3-5-19(22(20)27)32-40(37,38)34-11-4-12-34)21(25(35)30-16-8-9-16)24(33(2)26(14)36)31-18-10-7-15(29)13-17(18)28/h3,5-7,10,13,16,31-32H,4,8-9,11-12H2,1-2H3,(H,30,35). The van der Waals surface area contributed by atoms with E-state index in [2.05, 4.69) is 15.4 Å². The first-order chi connectivity index (χ1) is 19.0. The maximum atomic E-state index is 14.8. The van der Waals surface area contributed by atoms with E-state index < -0.39 is 27.5 Å². The summed E-state index contributed by atoms with van der Waals surface area (Å²) in [6, 6.07) is 9.01. The Labute approximate surface area is 249 Å². The van der Waals surface area contributed by atoms with E-state index >= 15 is 0 Å². The van der Waals surface area contributed by atoms with E-state index in [0.717, 1.165) is 19.3 Å². The highest BCUT2D eigenvalue weighted by Gasteiger charge is 2.32. The zero-order chi connectivity index (χ0) is 28.8. The van der Waals surface area contributed by atoms with Crippen LogP contribution in [0.25, 0.3) is 0 Å². The SMILES string of the molecule is Cc1c(Oc2cccc(NS(=O)(=O)N3CCC3)c2Cl)c(C(=O)NC2CC2)c(Nc2ccc(I)cc2F)n(C)c1=O. The van der Waals surface area contributed by atoms with Gasteiger partial charge in [-0.25, -0.2) is 4.39 Å². The van der Waals surface area contributed by atoms with Crippen molar-refractivity contribution in [1.29, 1.82) is 0 Å². The molecule has 3 aromatic rings. The quantitative estimate of drug-likeness (QED) is 0.274. The first-order valence-electron chi connectivity index (χ1n) is 12.5. The van der Waals surface area contributed by atoms with Crippen LogP contribution < -0.4 is 25.7 Å². The van der Waals surface area contributed by atoms with Gasteiger partial charge in [-0.3, -0.25) is 18.9 Å². The van der Waals surface area contributed by atoms with Gasteiger partial charge in [0.1, 0.15) is 28.0 Å². The van der Waals surface area contributed by atoms with Crippen LogP contribution in [-0.2, 0) is 17.3 Å². The molecular weight excluding hydrogens is 676 g/mol. The van der Waals surface area contributed by atoms with E-state index in [1.807, 2.05) is 22.6 Å². The highest BCUT2D eigenvalue weighted by atomic mass is 127. The van der Waals surface area contributed by atoms with E-state index in [0.29, 0.717) is 16.7 Å². The van der Waals surface area contributed by atoms with E-state index in [9.17, 15) is 22.4 Å². The number of halogens is 3. The van der Waals surface area contributed by atoms with Crippen molar-refractivity contribution in [2.45, 2.75) is 32.2 Å². The zero-order valence-corrected chi connectivity index (χ0v) is 25.3. The van der Waals surface area contributed by atoms with Crippen LogP contribution in [0.2, 0.25) is 5.02 Å².